The van der Waals surface area contributed by atoms with Crippen molar-refractivity contribution in [2.24, 2.45) is 5.92 Å². The molecule has 1 N–H and O–H groups in total. The molecule has 0 bridgehead atoms. The lowest BCUT2D eigenvalue weighted by atomic mass is 9.83. The topological polar surface area (TPSA) is 50.9 Å². The lowest BCUT2D eigenvalue weighted by Gasteiger charge is -2.30. The van der Waals surface area contributed by atoms with Gasteiger partial charge in [-0.3, -0.25) is 0 Å². The van der Waals surface area contributed by atoms with Gasteiger partial charge in [0.15, 0.2) is 5.82 Å². The second-order valence-electron chi connectivity index (χ2n) is 4.69. The van der Waals surface area contributed by atoms with E-state index in [0.717, 1.165) is 12.3 Å². The summed E-state index contributed by atoms with van der Waals surface area (Å²) in [6.45, 7) is 2.20. The summed E-state index contributed by atoms with van der Waals surface area (Å²) in [4.78, 5) is 0. The smallest absolute Gasteiger partial charge is 0.158 e. The minimum absolute atomic E-state index is 0.0107. The highest BCUT2D eigenvalue weighted by Crippen LogP contribution is 2.35. The zero-order valence-corrected chi connectivity index (χ0v) is 9.97. The Labute approximate surface area is 96.7 Å². The first-order valence-corrected chi connectivity index (χ1v) is 6.36. The van der Waals surface area contributed by atoms with Crippen molar-refractivity contribution in [2.75, 3.05) is 0 Å². The fraction of sp³-hybridized carbons (Fsp3) is 0.833. The summed E-state index contributed by atoms with van der Waals surface area (Å²) in [5, 5.41) is 17.1. The summed E-state index contributed by atoms with van der Waals surface area (Å²) in [5.41, 5.74) is 0. The van der Waals surface area contributed by atoms with Crippen LogP contribution in [0.3, 0.4) is 0 Å². The van der Waals surface area contributed by atoms with E-state index < -0.39 is 0 Å². The molecule has 1 aromatic rings. The normalized spacial score (nSPS) is 19.9. The van der Waals surface area contributed by atoms with Gasteiger partial charge in [0.05, 0.1) is 0 Å². The predicted octanol–water partition coefficient (Wildman–Crippen LogP) is 2.30. The minimum atomic E-state index is -0.0107. The number of nitrogens with zero attached hydrogens (tertiary/aromatic N) is 3. The van der Waals surface area contributed by atoms with E-state index in [0.29, 0.717) is 11.9 Å². The van der Waals surface area contributed by atoms with E-state index in [1.807, 2.05) is 0 Å². The molecule has 1 atom stereocenters. The summed E-state index contributed by atoms with van der Waals surface area (Å²) in [6.07, 6.45) is 9.55. The van der Waals surface area contributed by atoms with Gasteiger partial charge in [-0.05, 0) is 25.2 Å². The van der Waals surface area contributed by atoms with Crippen molar-refractivity contribution in [1.82, 2.24) is 14.8 Å². The zero-order valence-electron chi connectivity index (χ0n) is 9.97. The molecule has 0 radical (unpaired) electrons. The van der Waals surface area contributed by atoms with Crippen molar-refractivity contribution in [3.8, 4) is 0 Å². The second-order valence-corrected chi connectivity index (χ2v) is 4.69. The van der Waals surface area contributed by atoms with Crippen LogP contribution in [0.15, 0.2) is 6.33 Å². The summed E-state index contributed by atoms with van der Waals surface area (Å²) >= 11 is 0. The van der Waals surface area contributed by atoms with E-state index >= 15 is 0 Å². The van der Waals surface area contributed by atoms with Gasteiger partial charge in [-0.25, -0.2) is 0 Å². The molecule has 1 saturated carbocycles. The highest BCUT2D eigenvalue weighted by molar-refractivity contribution is 4.90. The van der Waals surface area contributed by atoms with Crippen LogP contribution >= 0.6 is 0 Å². The Bertz CT molecular complexity index is 318. The summed E-state index contributed by atoms with van der Waals surface area (Å²) in [6, 6.07) is 0.470. The molecule has 0 aromatic carbocycles. The van der Waals surface area contributed by atoms with Crippen LogP contribution in [0, 0.1) is 5.92 Å². The van der Waals surface area contributed by atoms with E-state index in [4.69, 9.17) is 0 Å². The standard InChI is InChI=1S/C12H21N3O/c1-2-11(10-6-4-3-5-7-10)15-9-13-14-12(15)8-16/h9-11,16H,2-8H2,1H3. The molecule has 1 aliphatic carbocycles. The molecular weight excluding hydrogens is 202 g/mol. The van der Waals surface area contributed by atoms with Crippen molar-refractivity contribution >= 4 is 0 Å². The molecule has 16 heavy (non-hydrogen) atoms. The Morgan fingerprint density at radius 3 is 2.81 bits per heavy atom. The average molecular weight is 223 g/mol. The van der Waals surface area contributed by atoms with Crippen molar-refractivity contribution in [3.63, 3.8) is 0 Å². The quantitative estimate of drug-likeness (QED) is 0.852. The van der Waals surface area contributed by atoms with Crippen LogP contribution in [0.2, 0.25) is 0 Å². The van der Waals surface area contributed by atoms with Crippen LogP contribution in [-0.4, -0.2) is 19.9 Å². The van der Waals surface area contributed by atoms with E-state index in [2.05, 4.69) is 21.7 Å². The van der Waals surface area contributed by atoms with Gasteiger partial charge in [0.2, 0.25) is 0 Å². The van der Waals surface area contributed by atoms with Crippen molar-refractivity contribution < 1.29 is 5.11 Å². The van der Waals surface area contributed by atoms with E-state index in [1.165, 1.54) is 32.1 Å². The highest BCUT2D eigenvalue weighted by Gasteiger charge is 2.25. The monoisotopic (exact) mass is 223 g/mol. The number of hydrogen-bond donors (Lipinski definition) is 1. The van der Waals surface area contributed by atoms with Gasteiger partial charge in [-0.2, -0.15) is 0 Å². The second kappa shape index (κ2) is 5.43. The van der Waals surface area contributed by atoms with E-state index in [9.17, 15) is 5.11 Å². The van der Waals surface area contributed by atoms with Crippen LogP contribution in [0.5, 0.6) is 0 Å². The Morgan fingerprint density at radius 1 is 1.44 bits per heavy atom. The summed E-state index contributed by atoms with van der Waals surface area (Å²) in [7, 11) is 0. The molecule has 2 rings (SSSR count). The third-order valence-electron chi connectivity index (χ3n) is 3.76. The summed E-state index contributed by atoms with van der Waals surface area (Å²) < 4.78 is 2.08. The molecule has 1 fully saturated rings. The van der Waals surface area contributed by atoms with Gasteiger partial charge in [0.1, 0.15) is 12.9 Å². The van der Waals surface area contributed by atoms with Crippen LogP contribution in [0.1, 0.15) is 57.3 Å². The van der Waals surface area contributed by atoms with E-state index in [-0.39, 0.29) is 6.61 Å². The molecule has 0 spiro atoms. The minimum Gasteiger partial charge on any atom is -0.388 e. The molecular formula is C12H21N3O. The number of aromatic nitrogens is 3. The Morgan fingerprint density at radius 2 is 2.19 bits per heavy atom. The molecule has 0 saturated heterocycles. The fourth-order valence-corrected chi connectivity index (χ4v) is 2.93. The molecule has 1 heterocycles. The maximum absolute atomic E-state index is 9.23. The van der Waals surface area contributed by atoms with Gasteiger partial charge in [-0.1, -0.05) is 26.2 Å². The first-order chi connectivity index (χ1) is 7.86. The molecule has 1 aromatic heterocycles. The predicted molar refractivity (Wildman–Crippen MR) is 61.8 cm³/mol. The third-order valence-corrected chi connectivity index (χ3v) is 3.76. The maximum atomic E-state index is 9.23. The first-order valence-electron chi connectivity index (χ1n) is 6.36. The third kappa shape index (κ3) is 2.26. The Balaban J connectivity index is 2.14. The first kappa shape index (κ1) is 11.6. The van der Waals surface area contributed by atoms with Crippen LogP contribution in [-0.2, 0) is 6.61 Å². The molecule has 1 aliphatic rings. The number of aliphatic hydroxyl groups is 1. The van der Waals surface area contributed by atoms with Crippen molar-refractivity contribution in [3.05, 3.63) is 12.2 Å². The lowest BCUT2D eigenvalue weighted by molar-refractivity contribution is 0.216. The number of hydrogen-bond acceptors (Lipinski definition) is 3. The molecule has 4 heteroatoms. The van der Waals surface area contributed by atoms with Gasteiger partial charge in [-0.15, -0.1) is 10.2 Å². The molecule has 4 nitrogen and oxygen atoms in total. The summed E-state index contributed by atoms with van der Waals surface area (Å²) in [5.74, 6) is 1.44. The number of rotatable bonds is 4. The maximum Gasteiger partial charge on any atom is 0.158 e. The van der Waals surface area contributed by atoms with Gasteiger partial charge < -0.3 is 9.67 Å². The lowest BCUT2D eigenvalue weighted by Crippen LogP contribution is -2.22. The SMILES string of the molecule is CCC(C1CCCCC1)n1cnnc1CO. The van der Waals surface area contributed by atoms with Crippen molar-refractivity contribution in [1.29, 1.82) is 0 Å². The van der Waals surface area contributed by atoms with Crippen LogP contribution in [0.25, 0.3) is 0 Å². The Kier molecular flexibility index (Phi) is 3.93. The molecule has 1 unspecified atom stereocenters. The Hall–Kier alpha value is -0.900. The van der Waals surface area contributed by atoms with Gasteiger partial charge in [0, 0.05) is 6.04 Å². The van der Waals surface area contributed by atoms with Crippen molar-refractivity contribution in [2.45, 2.75) is 58.1 Å². The average Bonchev–Trinajstić information content (AvgIpc) is 2.80. The zero-order chi connectivity index (χ0) is 11.4. The van der Waals surface area contributed by atoms with Crippen LogP contribution < -0.4 is 0 Å². The highest BCUT2D eigenvalue weighted by atomic mass is 16.3. The molecule has 0 aliphatic heterocycles. The van der Waals surface area contributed by atoms with Crippen LogP contribution in [0.4, 0.5) is 0 Å². The number of aliphatic hydroxyl groups excluding tert-OH is 1. The fourth-order valence-electron chi connectivity index (χ4n) is 2.93. The van der Waals surface area contributed by atoms with Gasteiger partial charge >= 0.3 is 0 Å². The largest absolute Gasteiger partial charge is 0.388 e. The van der Waals surface area contributed by atoms with Gasteiger partial charge in [0.25, 0.3) is 0 Å². The van der Waals surface area contributed by atoms with E-state index in [1.54, 1.807) is 6.33 Å². The molecule has 90 valence electrons. The molecule has 0 amide bonds.